The largest absolute Gasteiger partial charge is 0.352 e. The summed E-state index contributed by atoms with van der Waals surface area (Å²) < 4.78 is 2.08. The molecule has 0 bridgehead atoms. The van der Waals surface area contributed by atoms with Gasteiger partial charge in [-0.25, -0.2) is 0 Å². The molecule has 0 spiro atoms. The third-order valence-corrected chi connectivity index (χ3v) is 5.01. The molecule has 2 aromatic heterocycles. The van der Waals surface area contributed by atoms with E-state index in [1.165, 1.54) is 0 Å². The molecule has 0 aliphatic heterocycles. The Hall–Kier alpha value is -1.78. The molecule has 0 radical (unpaired) electrons. The van der Waals surface area contributed by atoms with E-state index in [0.717, 1.165) is 34.3 Å². The monoisotopic (exact) mass is 330 g/mol. The van der Waals surface area contributed by atoms with Crippen LogP contribution in [-0.2, 0) is 11.3 Å². The highest BCUT2D eigenvalue weighted by Gasteiger charge is 2.24. The zero-order valence-electron chi connectivity index (χ0n) is 11.9. The number of halogens is 1. The first kappa shape index (κ1) is 13.9. The molecule has 112 valence electrons. The molecule has 3 aromatic rings. The van der Waals surface area contributed by atoms with Crippen molar-refractivity contribution in [3.05, 3.63) is 46.8 Å². The molecule has 1 fully saturated rings. The molecule has 1 N–H and O–H groups in total. The minimum absolute atomic E-state index is 0.0766. The van der Waals surface area contributed by atoms with Crippen LogP contribution in [0.5, 0.6) is 0 Å². The summed E-state index contributed by atoms with van der Waals surface area (Å²) in [6.45, 7) is 0.342. The van der Waals surface area contributed by atoms with Gasteiger partial charge in [0.15, 0.2) is 0 Å². The van der Waals surface area contributed by atoms with E-state index in [-0.39, 0.29) is 5.91 Å². The molecule has 0 atom stereocenters. The molecule has 1 aliphatic rings. The predicted octanol–water partition coefficient (Wildman–Crippen LogP) is 4.30. The van der Waals surface area contributed by atoms with Crippen LogP contribution in [0.1, 0.15) is 12.8 Å². The van der Waals surface area contributed by atoms with E-state index in [2.05, 4.69) is 27.4 Å². The lowest BCUT2D eigenvalue weighted by atomic mass is 10.2. The number of nitrogens with one attached hydrogen (secondary N) is 1. The van der Waals surface area contributed by atoms with Crippen LogP contribution in [0.15, 0.2) is 41.8 Å². The molecule has 1 saturated carbocycles. The van der Waals surface area contributed by atoms with Crippen molar-refractivity contribution in [2.75, 3.05) is 0 Å². The summed E-state index contributed by atoms with van der Waals surface area (Å²) in [4.78, 5) is 13.4. The van der Waals surface area contributed by atoms with Crippen molar-refractivity contribution in [1.82, 2.24) is 9.88 Å². The maximum Gasteiger partial charge on any atom is 0.240 e. The third kappa shape index (κ3) is 2.64. The quantitative estimate of drug-likeness (QED) is 0.760. The molecule has 1 aromatic carbocycles. The van der Waals surface area contributed by atoms with Crippen LogP contribution in [0.3, 0.4) is 0 Å². The summed E-state index contributed by atoms with van der Waals surface area (Å²) in [5.74, 6) is 0.0766. The fraction of sp³-hybridized carbons (Fsp3) is 0.235. The zero-order valence-corrected chi connectivity index (χ0v) is 13.5. The molecule has 0 saturated heterocycles. The Morgan fingerprint density at radius 3 is 2.91 bits per heavy atom. The van der Waals surface area contributed by atoms with Gasteiger partial charge in [0.2, 0.25) is 5.91 Å². The lowest BCUT2D eigenvalue weighted by molar-refractivity contribution is -0.121. The number of carbonyl (C=O) groups is 1. The standard InChI is InChI=1S/C17H15ClN2OS/c18-12-3-6-14-11(8-12)9-15(16-2-1-7-22-16)20(14)10-17(21)19-13-4-5-13/h1-3,6-9,13H,4-5,10H2,(H,19,21). The van der Waals surface area contributed by atoms with Crippen molar-refractivity contribution in [2.24, 2.45) is 0 Å². The van der Waals surface area contributed by atoms with Crippen molar-refractivity contribution < 1.29 is 4.79 Å². The van der Waals surface area contributed by atoms with Gasteiger partial charge in [-0.1, -0.05) is 17.7 Å². The molecule has 22 heavy (non-hydrogen) atoms. The van der Waals surface area contributed by atoms with Crippen molar-refractivity contribution in [2.45, 2.75) is 25.4 Å². The SMILES string of the molecule is O=C(Cn1c(-c2cccs2)cc2cc(Cl)ccc21)NC1CC1. The third-order valence-electron chi connectivity index (χ3n) is 3.88. The maximum atomic E-state index is 12.2. The lowest BCUT2D eigenvalue weighted by Gasteiger charge is -2.10. The van der Waals surface area contributed by atoms with E-state index in [0.29, 0.717) is 17.6 Å². The Morgan fingerprint density at radius 1 is 1.32 bits per heavy atom. The first-order valence-electron chi connectivity index (χ1n) is 7.33. The van der Waals surface area contributed by atoms with Crippen LogP contribution in [-0.4, -0.2) is 16.5 Å². The van der Waals surface area contributed by atoms with Crippen molar-refractivity contribution in [1.29, 1.82) is 0 Å². The molecule has 1 aliphatic carbocycles. The second kappa shape index (κ2) is 5.45. The minimum atomic E-state index is 0.0766. The molecule has 4 rings (SSSR count). The smallest absolute Gasteiger partial charge is 0.240 e. The Morgan fingerprint density at radius 2 is 2.18 bits per heavy atom. The van der Waals surface area contributed by atoms with Crippen molar-refractivity contribution >= 4 is 39.7 Å². The number of nitrogens with zero attached hydrogens (tertiary/aromatic N) is 1. The molecule has 5 heteroatoms. The Kier molecular flexibility index (Phi) is 3.43. The summed E-state index contributed by atoms with van der Waals surface area (Å²) >= 11 is 7.78. The van der Waals surface area contributed by atoms with Crippen LogP contribution in [0.25, 0.3) is 21.5 Å². The normalized spacial score (nSPS) is 14.4. The molecule has 1 amide bonds. The number of amides is 1. The average molecular weight is 331 g/mol. The number of carbonyl (C=O) groups excluding carboxylic acids is 1. The van der Waals surface area contributed by atoms with E-state index in [1.807, 2.05) is 24.3 Å². The molecule has 0 unspecified atom stereocenters. The van der Waals surface area contributed by atoms with Crippen molar-refractivity contribution in [3.63, 3.8) is 0 Å². The summed E-state index contributed by atoms with van der Waals surface area (Å²) in [5.41, 5.74) is 2.11. The van der Waals surface area contributed by atoms with Gasteiger partial charge in [0.1, 0.15) is 6.54 Å². The van der Waals surface area contributed by atoms with E-state index in [4.69, 9.17) is 11.6 Å². The summed E-state index contributed by atoms with van der Waals surface area (Å²) in [7, 11) is 0. The fourth-order valence-corrected chi connectivity index (χ4v) is 3.62. The Balaban J connectivity index is 1.78. The van der Waals surface area contributed by atoms with Crippen LogP contribution < -0.4 is 5.32 Å². The lowest BCUT2D eigenvalue weighted by Crippen LogP contribution is -2.29. The molecule has 3 nitrogen and oxygen atoms in total. The second-order valence-corrected chi connectivity index (χ2v) is 7.02. The highest BCUT2D eigenvalue weighted by molar-refractivity contribution is 7.13. The second-order valence-electron chi connectivity index (χ2n) is 5.64. The van der Waals surface area contributed by atoms with E-state index >= 15 is 0 Å². The van der Waals surface area contributed by atoms with E-state index in [1.54, 1.807) is 11.3 Å². The van der Waals surface area contributed by atoms with Gasteiger partial charge in [-0.3, -0.25) is 4.79 Å². The molecular weight excluding hydrogens is 316 g/mol. The maximum absolute atomic E-state index is 12.2. The van der Waals surface area contributed by atoms with Crippen LogP contribution in [0, 0.1) is 0 Å². The highest BCUT2D eigenvalue weighted by atomic mass is 35.5. The molecular formula is C17H15ClN2OS. The highest BCUT2D eigenvalue weighted by Crippen LogP contribution is 2.32. The van der Waals surface area contributed by atoms with Gasteiger partial charge in [0, 0.05) is 22.0 Å². The first-order valence-corrected chi connectivity index (χ1v) is 8.58. The van der Waals surface area contributed by atoms with Crippen LogP contribution >= 0.6 is 22.9 Å². The van der Waals surface area contributed by atoms with Crippen LogP contribution in [0.2, 0.25) is 5.02 Å². The fourth-order valence-electron chi connectivity index (χ4n) is 2.69. The number of hydrogen-bond acceptors (Lipinski definition) is 2. The summed E-state index contributed by atoms with van der Waals surface area (Å²) in [6, 6.07) is 12.4. The summed E-state index contributed by atoms with van der Waals surface area (Å²) in [6.07, 6.45) is 2.21. The first-order chi connectivity index (χ1) is 10.7. The summed E-state index contributed by atoms with van der Waals surface area (Å²) in [5, 5.41) is 6.89. The number of hydrogen-bond donors (Lipinski definition) is 1. The molecule has 2 heterocycles. The topological polar surface area (TPSA) is 34.0 Å². The predicted molar refractivity (Wildman–Crippen MR) is 91.4 cm³/mol. The Labute approximate surface area is 137 Å². The number of fused-ring (bicyclic) bond motifs is 1. The Bertz CT molecular complexity index is 834. The number of benzene rings is 1. The van der Waals surface area contributed by atoms with Gasteiger partial charge in [-0.05, 0) is 48.6 Å². The van der Waals surface area contributed by atoms with Gasteiger partial charge in [-0.15, -0.1) is 11.3 Å². The van der Waals surface area contributed by atoms with Gasteiger partial charge >= 0.3 is 0 Å². The van der Waals surface area contributed by atoms with E-state index in [9.17, 15) is 4.79 Å². The van der Waals surface area contributed by atoms with Gasteiger partial charge in [0.25, 0.3) is 0 Å². The van der Waals surface area contributed by atoms with Gasteiger partial charge in [-0.2, -0.15) is 0 Å². The van der Waals surface area contributed by atoms with Gasteiger partial charge < -0.3 is 9.88 Å². The average Bonchev–Trinajstić information content (AvgIpc) is 3.01. The number of thiophene rings is 1. The minimum Gasteiger partial charge on any atom is -0.352 e. The van der Waals surface area contributed by atoms with E-state index < -0.39 is 0 Å². The number of aromatic nitrogens is 1. The number of rotatable bonds is 4. The van der Waals surface area contributed by atoms with Crippen LogP contribution in [0.4, 0.5) is 0 Å². The van der Waals surface area contributed by atoms with Crippen molar-refractivity contribution in [3.8, 4) is 10.6 Å². The zero-order chi connectivity index (χ0) is 15.1. The van der Waals surface area contributed by atoms with Gasteiger partial charge in [0.05, 0.1) is 10.6 Å².